The number of amides is 1. The molecule has 0 aromatic heterocycles. The molecule has 1 N–H and O–H groups in total. The highest BCUT2D eigenvalue weighted by atomic mass is 19.1. The monoisotopic (exact) mass is 282 g/mol. The van der Waals surface area contributed by atoms with Gasteiger partial charge in [-0.3, -0.25) is 9.69 Å². The molecule has 5 heteroatoms. The van der Waals surface area contributed by atoms with Crippen molar-refractivity contribution in [3.05, 3.63) is 29.8 Å². The van der Waals surface area contributed by atoms with E-state index in [9.17, 15) is 13.6 Å². The molecule has 0 atom stereocenters. The topological polar surface area (TPSA) is 32.3 Å². The van der Waals surface area contributed by atoms with Crippen molar-refractivity contribution in [1.82, 2.24) is 4.90 Å². The summed E-state index contributed by atoms with van der Waals surface area (Å²) in [5.74, 6) is -1.51. The van der Waals surface area contributed by atoms with E-state index in [1.165, 1.54) is 19.3 Å². The number of nitrogens with zero attached hydrogens (tertiary/aromatic N) is 1. The third-order valence-corrected chi connectivity index (χ3v) is 3.79. The highest BCUT2D eigenvalue weighted by molar-refractivity contribution is 5.92. The van der Waals surface area contributed by atoms with Crippen molar-refractivity contribution < 1.29 is 13.6 Å². The molecule has 1 fully saturated rings. The van der Waals surface area contributed by atoms with E-state index in [0.717, 1.165) is 31.0 Å². The Morgan fingerprint density at radius 3 is 2.70 bits per heavy atom. The first-order valence-electron chi connectivity index (χ1n) is 7.01. The molecular weight excluding hydrogens is 262 g/mol. The van der Waals surface area contributed by atoms with Gasteiger partial charge in [-0.25, -0.2) is 8.78 Å². The van der Waals surface area contributed by atoms with Crippen LogP contribution in [0.5, 0.6) is 0 Å². The van der Waals surface area contributed by atoms with Gasteiger partial charge in [-0.15, -0.1) is 0 Å². The lowest BCUT2D eigenvalue weighted by molar-refractivity contribution is -0.117. The van der Waals surface area contributed by atoms with Gasteiger partial charge in [0.2, 0.25) is 5.91 Å². The van der Waals surface area contributed by atoms with Crippen LogP contribution in [-0.2, 0) is 4.79 Å². The number of carbonyl (C=O) groups is 1. The van der Waals surface area contributed by atoms with Gasteiger partial charge in [0.05, 0.1) is 12.2 Å². The van der Waals surface area contributed by atoms with Gasteiger partial charge in [-0.1, -0.05) is 19.3 Å². The zero-order valence-corrected chi connectivity index (χ0v) is 11.7. The lowest BCUT2D eigenvalue weighted by Crippen LogP contribution is -2.39. The molecule has 0 aliphatic heterocycles. The Morgan fingerprint density at radius 1 is 1.30 bits per heavy atom. The fourth-order valence-corrected chi connectivity index (χ4v) is 2.66. The fraction of sp³-hybridized carbons (Fsp3) is 0.533. The summed E-state index contributed by atoms with van der Waals surface area (Å²) in [6, 6.07) is 3.44. The molecule has 1 saturated carbocycles. The van der Waals surface area contributed by atoms with Crippen molar-refractivity contribution in [3.63, 3.8) is 0 Å². The number of rotatable bonds is 4. The molecule has 1 amide bonds. The van der Waals surface area contributed by atoms with Gasteiger partial charge in [0.25, 0.3) is 0 Å². The van der Waals surface area contributed by atoms with E-state index in [-0.39, 0.29) is 18.1 Å². The maximum absolute atomic E-state index is 13.4. The highest BCUT2D eigenvalue weighted by Gasteiger charge is 2.20. The molecular formula is C15H20F2N2O. The summed E-state index contributed by atoms with van der Waals surface area (Å²) in [5.41, 5.74) is -0.105. The molecule has 2 rings (SSSR count). The molecule has 0 radical (unpaired) electrons. The lowest BCUT2D eigenvalue weighted by atomic mass is 9.94. The molecule has 0 spiro atoms. The quantitative estimate of drug-likeness (QED) is 0.920. The summed E-state index contributed by atoms with van der Waals surface area (Å²) in [6.45, 7) is 0.195. The molecule has 20 heavy (non-hydrogen) atoms. The first kappa shape index (κ1) is 14.9. The Hall–Kier alpha value is -1.49. The third kappa shape index (κ3) is 4.00. The molecule has 110 valence electrons. The molecule has 1 aliphatic carbocycles. The normalized spacial score (nSPS) is 16.4. The Morgan fingerprint density at radius 2 is 2.00 bits per heavy atom. The van der Waals surface area contributed by atoms with Crippen LogP contribution in [-0.4, -0.2) is 30.4 Å². The second-order valence-corrected chi connectivity index (χ2v) is 5.38. The van der Waals surface area contributed by atoms with Gasteiger partial charge in [-0.2, -0.15) is 0 Å². The first-order valence-corrected chi connectivity index (χ1v) is 7.01. The number of hydrogen-bond donors (Lipinski definition) is 1. The van der Waals surface area contributed by atoms with Crippen molar-refractivity contribution >= 4 is 11.6 Å². The molecule has 0 bridgehead atoms. The Balaban J connectivity index is 1.89. The van der Waals surface area contributed by atoms with E-state index in [1.54, 1.807) is 0 Å². The van der Waals surface area contributed by atoms with E-state index in [2.05, 4.69) is 5.32 Å². The average molecular weight is 282 g/mol. The summed E-state index contributed by atoms with van der Waals surface area (Å²) in [6.07, 6.45) is 5.82. The van der Waals surface area contributed by atoms with Crippen molar-refractivity contribution in [2.24, 2.45) is 0 Å². The molecule has 1 aromatic rings. The number of carbonyl (C=O) groups excluding carboxylic acids is 1. The van der Waals surface area contributed by atoms with Crippen molar-refractivity contribution in [2.75, 3.05) is 18.9 Å². The van der Waals surface area contributed by atoms with Crippen LogP contribution in [0.25, 0.3) is 0 Å². The number of benzene rings is 1. The Bertz CT molecular complexity index is 473. The smallest absolute Gasteiger partial charge is 0.238 e. The number of anilines is 1. The second-order valence-electron chi connectivity index (χ2n) is 5.38. The summed E-state index contributed by atoms with van der Waals surface area (Å²) in [4.78, 5) is 13.9. The standard InChI is InChI=1S/C15H20F2N2O/c1-19(12-5-3-2-4-6-12)10-15(20)18-14-9-11(16)7-8-13(14)17/h7-9,12H,2-6,10H2,1H3,(H,18,20). The molecule has 1 aliphatic rings. The van der Waals surface area contributed by atoms with Gasteiger partial charge in [-0.05, 0) is 32.0 Å². The Labute approximate surface area is 118 Å². The highest BCUT2D eigenvalue weighted by Crippen LogP contribution is 2.21. The third-order valence-electron chi connectivity index (χ3n) is 3.79. The van der Waals surface area contributed by atoms with Crippen LogP contribution in [0.15, 0.2) is 18.2 Å². The van der Waals surface area contributed by atoms with Crippen LogP contribution in [0, 0.1) is 11.6 Å². The summed E-state index contributed by atoms with van der Waals surface area (Å²) < 4.78 is 26.4. The van der Waals surface area contributed by atoms with Crippen molar-refractivity contribution in [2.45, 2.75) is 38.1 Å². The molecule has 3 nitrogen and oxygen atoms in total. The van der Waals surface area contributed by atoms with Crippen LogP contribution in [0.4, 0.5) is 14.5 Å². The van der Waals surface area contributed by atoms with Crippen LogP contribution >= 0.6 is 0 Å². The Kier molecular flexibility index (Phi) is 5.06. The number of nitrogens with one attached hydrogen (secondary N) is 1. The van der Waals surface area contributed by atoms with Crippen molar-refractivity contribution in [3.8, 4) is 0 Å². The van der Waals surface area contributed by atoms with Crippen LogP contribution in [0.1, 0.15) is 32.1 Å². The molecule has 0 heterocycles. The number of halogens is 2. The van der Waals surface area contributed by atoms with Gasteiger partial charge >= 0.3 is 0 Å². The van der Waals surface area contributed by atoms with E-state index >= 15 is 0 Å². The maximum Gasteiger partial charge on any atom is 0.238 e. The number of hydrogen-bond acceptors (Lipinski definition) is 2. The predicted octanol–water partition coefficient (Wildman–Crippen LogP) is 3.17. The lowest BCUT2D eigenvalue weighted by Gasteiger charge is -2.30. The minimum atomic E-state index is -0.625. The molecule has 1 aromatic carbocycles. The average Bonchev–Trinajstić information content (AvgIpc) is 2.43. The van der Waals surface area contributed by atoms with Crippen LogP contribution < -0.4 is 5.32 Å². The summed E-state index contributed by atoms with van der Waals surface area (Å²) >= 11 is 0. The molecule has 0 unspecified atom stereocenters. The van der Waals surface area contributed by atoms with Crippen LogP contribution in [0.3, 0.4) is 0 Å². The SMILES string of the molecule is CN(CC(=O)Nc1cc(F)ccc1F)C1CCCCC1. The van der Waals surface area contributed by atoms with Gasteiger partial charge in [0.1, 0.15) is 11.6 Å². The number of likely N-dealkylation sites (N-methyl/N-ethyl adjacent to an activating group) is 1. The van der Waals surface area contributed by atoms with Gasteiger partial charge in [0.15, 0.2) is 0 Å². The summed E-state index contributed by atoms with van der Waals surface area (Å²) in [5, 5.41) is 2.43. The van der Waals surface area contributed by atoms with E-state index in [4.69, 9.17) is 0 Å². The summed E-state index contributed by atoms with van der Waals surface area (Å²) in [7, 11) is 1.90. The van der Waals surface area contributed by atoms with Gasteiger partial charge in [0, 0.05) is 12.1 Å². The zero-order valence-electron chi connectivity index (χ0n) is 11.7. The minimum Gasteiger partial charge on any atom is -0.322 e. The van der Waals surface area contributed by atoms with E-state index in [0.29, 0.717) is 6.04 Å². The second kappa shape index (κ2) is 6.79. The van der Waals surface area contributed by atoms with Crippen molar-refractivity contribution in [1.29, 1.82) is 0 Å². The minimum absolute atomic E-state index is 0.105. The van der Waals surface area contributed by atoms with Gasteiger partial charge < -0.3 is 5.32 Å². The largest absolute Gasteiger partial charge is 0.322 e. The molecule has 0 saturated heterocycles. The van der Waals surface area contributed by atoms with Crippen LogP contribution in [0.2, 0.25) is 0 Å². The zero-order chi connectivity index (χ0) is 14.5. The predicted molar refractivity (Wildman–Crippen MR) is 74.5 cm³/mol. The van der Waals surface area contributed by atoms with E-state index < -0.39 is 11.6 Å². The first-order chi connectivity index (χ1) is 9.56. The maximum atomic E-state index is 13.4. The van der Waals surface area contributed by atoms with E-state index in [1.807, 2.05) is 11.9 Å². The fourth-order valence-electron chi connectivity index (χ4n) is 2.66.